The SMILES string of the molecule is CCCCCCCCCCCC(=O)OCC1OC(OC2CCC3(C)C(=CCC4C3CCC3(C)C(C(C)/C=C/C(CC)C(C)C)CCC43)C2)C(O)C(O)C1O. The summed E-state index contributed by atoms with van der Waals surface area (Å²) in [5, 5.41) is 32.4. The molecule has 54 heavy (non-hydrogen) atoms. The molecule has 14 unspecified atom stereocenters. The Balaban J connectivity index is 1.11. The standard InChI is InChI=1S/C47H80O7/c1-8-10-11-12-13-14-15-16-17-18-41(48)52-30-40-42(49)43(50)44(51)45(54-40)53-35-25-27-46(6)34(29-35)21-22-36-38-24-23-37(47(38,7)28-26-39(36)46)32(5)19-20-33(9-2)31(3)4/h19-21,31-33,35-40,42-45,49-51H,8-18,22-30H2,1-7H3/b20-19+. The molecule has 5 aliphatic rings. The van der Waals surface area contributed by atoms with Crippen LogP contribution in [0.1, 0.15) is 170 Å². The first kappa shape index (κ1) is 43.9. The number of allylic oxidation sites excluding steroid dienone is 3. The lowest BCUT2D eigenvalue weighted by molar-refractivity contribution is -0.313. The molecule has 0 spiro atoms. The van der Waals surface area contributed by atoms with Gasteiger partial charge in [-0.1, -0.05) is 124 Å². The molecule has 14 atom stereocenters. The molecule has 310 valence electrons. The van der Waals surface area contributed by atoms with E-state index in [9.17, 15) is 20.1 Å². The lowest BCUT2D eigenvalue weighted by Crippen LogP contribution is -2.60. The van der Waals surface area contributed by atoms with Crippen LogP contribution in [-0.4, -0.2) is 64.7 Å². The second-order valence-corrected chi connectivity index (χ2v) is 19.3. The lowest BCUT2D eigenvalue weighted by Gasteiger charge is -2.58. The van der Waals surface area contributed by atoms with E-state index >= 15 is 0 Å². The molecule has 0 aromatic heterocycles. The number of rotatable bonds is 19. The third-order valence-electron chi connectivity index (χ3n) is 15.6. The predicted molar refractivity (Wildman–Crippen MR) is 216 cm³/mol. The van der Waals surface area contributed by atoms with Crippen molar-refractivity contribution >= 4 is 5.97 Å². The molecule has 5 rings (SSSR count). The van der Waals surface area contributed by atoms with Crippen LogP contribution in [0.4, 0.5) is 0 Å². The van der Waals surface area contributed by atoms with Crippen molar-refractivity contribution in [1.29, 1.82) is 0 Å². The summed E-state index contributed by atoms with van der Waals surface area (Å²) in [6.07, 6.45) is 22.5. The van der Waals surface area contributed by atoms with Crippen LogP contribution in [0.15, 0.2) is 23.8 Å². The average molecular weight is 757 g/mol. The van der Waals surface area contributed by atoms with Crippen molar-refractivity contribution in [1.82, 2.24) is 0 Å². The molecule has 0 radical (unpaired) electrons. The van der Waals surface area contributed by atoms with Gasteiger partial charge in [-0.05, 0) is 116 Å². The van der Waals surface area contributed by atoms with Gasteiger partial charge in [-0.15, -0.1) is 0 Å². The zero-order valence-electron chi connectivity index (χ0n) is 35.4. The summed E-state index contributed by atoms with van der Waals surface area (Å²) in [6, 6.07) is 0. The van der Waals surface area contributed by atoms with Gasteiger partial charge in [0.25, 0.3) is 0 Å². The van der Waals surface area contributed by atoms with Gasteiger partial charge in [-0.25, -0.2) is 0 Å². The Morgan fingerprint density at radius 2 is 1.57 bits per heavy atom. The van der Waals surface area contributed by atoms with Crippen LogP contribution in [0.3, 0.4) is 0 Å². The molecule has 3 N–H and O–H groups in total. The molecular weight excluding hydrogens is 677 g/mol. The quantitative estimate of drug-likeness (QED) is 0.0685. The fourth-order valence-electron chi connectivity index (χ4n) is 12.1. The molecule has 7 heteroatoms. The van der Waals surface area contributed by atoms with Crippen molar-refractivity contribution in [3.63, 3.8) is 0 Å². The first-order chi connectivity index (χ1) is 25.8. The third kappa shape index (κ3) is 10.1. The van der Waals surface area contributed by atoms with E-state index in [0.29, 0.717) is 35.5 Å². The van der Waals surface area contributed by atoms with Gasteiger partial charge in [0.05, 0.1) is 6.10 Å². The molecule has 4 aliphatic carbocycles. The number of aliphatic hydroxyl groups is 3. The predicted octanol–water partition coefficient (Wildman–Crippen LogP) is 10.1. The summed E-state index contributed by atoms with van der Waals surface area (Å²) >= 11 is 0. The number of fused-ring (bicyclic) bond motifs is 5. The summed E-state index contributed by atoms with van der Waals surface area (Å²) in [5.74, 6) is 4.62. The van der Waals surface area contributed by atoms with Crippen molar-refractivity contribution in [2.75, 3.05) is 6.61 Å². The number of ether oxygens (including phenoxy) is 3. The van der Waals surface area contributed by atoms with Crippen LogP contribution in [0.25, 0.3) is 0 Å². The Kier molecular flexibility index (Phi) is 16.2. The number of carbonyl (C=O) groups is 1. The number of unbranched alkanes of at least 4 members (excludes halogenated alkanes) is 8. The van der Waals surface area contributed by atoms with Crippen LogP contribution in [0.5, 0.6) is 0 Å². The van der Waals surface area contributed by atoms with E-state index in [0.717, 1.165) is 62.7 Å². The maximum atomic E-state index is 12.5. The molecule has 0 aromatic carbocycles. The Morgan fingerprint density at radius 3 is 2.26 bits per heavy atom. The molecule has 4 fully saturated rings. The summed E-state index contributed by atoms with van der Waals surface area (Å²) in [5.41, 5.74) is 2.05. The highest BCUT2D eigenvalue weighted by Crippen LogP contribution is 2.67. The van der Waals surface area contributed by atoms with E-state index in [2.05, 4.69) is 66.7 Å². The highest BCUT2D eigenvalue weighted by Gasteiger charge is 2.59. The maximum absolute atomic E-state index is 12.5. The minimum absolute atomic E-state index is 0.145. The summed E-state index contributed by atoms with van der Waals surface area (Å²) in [4.78, 5) is 12.5. The topological polar surface area (TPSA) is 105 Å². The smallest absolute Gasteiger partial charge is 0.305 e. The Labute approximate surface area is 329 Å². The van der Waals surface area contributed by atoms with Crippen molar-refractivity contribution < 1.29 is 34.3 Å². The number of hydrogen-bond acceptors (Lipinski definition) is 7. The van der Waals surface area contributed by atoms with Gasteiger partial charge in [0.2, 0.25) is 0 Å². The fraction of sp³-hybridized carbons (Fsp3) is 0.894. The molecule has 0 aromatic rings. The third-order valence-corrected chi connectivity index (χ3v) is 15.6. The van der Waals surface area contributed by atoms with Gasteiger partial charge in [0.1, 0.15) is 31.0 Å². The van der Waals surface area contributed by atoms with Crippen LogP contribution < -0.4 is 0 Å². The minimum atomic E-state index is -1.44. The summed E-state index contributed by atoms with van der Waals surface area (Å²) in [6.45, 7) is 16.7. The van der Waals surface area contributed by atoms with E-state index in [1.54, 1.807) is 0 Å². The van der Waals surface area contributed by atoms with Gasteiger partial charge in [0.15, 0.2) is 6.29 Å². The number of hydrogen-bond donors (Lipinski definition) is 3. The second-order valence-electron chi connectivity index (χ2n) is 19.3. The van der Waals surface area contributed by atoms with Crippen molar-refractivity contribution in [2.24, 2.45) is 52.3 Å². The van der Waals surface area contributed by atoms with Gasteiger partial charge >= 0.3 is 5.97 Å². The number of carbonyl (C=O) groups excluding carboxylic acids is 1. The highest BCUT2D eigenvalue weighted by atomic mass is 16.7. The van der Waals surface area contributed by atoms with E-state index < -0.39 is 30.7 Å². The monoisotopic (exact) mass is 757 g/mol. The number of esters is 1. The van der Waals surface area contributed by atoms with Gasteiger partial charge in [-0.2, -0.15) is 0 Å². The zero-order chi connectivity index (χ0) is 39.0. The highest BCUT2D eigenvalue weighted by molar-refractivity contribution is 5.69. The zero-order valence-corrected chi connectivity index (χ0v) is 35.4. The van der Waals surface area contributed by atoms with Crippen molar-refractivity contribution in [3.8, 4) is 0 Å². The molecule has 3 saturated carbocycles. The Morgan fingerprint density at radius 1 is 0.870 bits per heavy atom. The molecule has 1 heterocycles. The van der Waals surface area contributed by atoms with E-state index in [1.807, 2.05) is 0 Å². The van der Waals surface area contributed by atoms with Crippen LogP contribution in [0.2, 0.25) is 0 Å². The fourth-order valence-corrected chi connectivity index (χ4v) is 12.1. The molecule has 0 amide bonds. The van der Waals surface area contributed by atoms with Gasteiger partial charge in [-0.3, -0.25) is 4.79 Å². The van der Waals surface area contributed by atoms with Crippen LogP contribution in [0, 0.1) is 52.3 Å². The van der Waals surface area contributed by atoms with E-state index in [1.165, 1.54) is 76.2 Å². The van der Waals surface area contributed by atoms with Gasteiger partial charge < -0.3 is 29.5 Å². The largest absolute Gasteiger partial charge is 0.463 e. The molecule has 7 nitrogen and oxygen atoms in total. The summed E-state index contributed by atoms with van der Waals surface area (Å²) in [7, 11) is 0. The van der Waals surface area contributed by atoms with Crippen molar-refractivity contribution in [3.05, 3.63) is 23.8 Å². The molecule has 0 bridgehead atoms. The Hall–Kier alpha value is -1.25. The Bertz CT molecular complexity index is 1230. The van der Waals surface area contributed by atoms with E-state index in [4.69, 9.17) is 14.2 Å². The maximum Gasteiger partial charge on any atom is 0.305 e. The number of aliphatic hydroxyl groups excluding tert-OH is 3. The van der Waals surface area contributed by atoms with Gasteiger partial charge in [0, 0.05) is 6.42 Å². The lowest BCUT2D eigenvalue weighted by atomic mass is 9.47. The van der Waals surface area contributed by atoms with Crippen molar-refractivity contribution in [2.45, 2.75) is 207 Å². The van der Waals surface area contributed by atoms with E-state index in [-0.39, 0.29) is 24.1 Å². The first-order valence-electron chi connectivity index (χ1n) is 22.7. The van der Waals surface area contributed by atoms with Crippen LogP contribution in [-0.2, 0) is 19.0 Å². The molecule has 1 aliphatic heterocycles. The average Bonchev–Trinajstić information content (AvgIpc) is 3.51. The molecular formula is C47H80O7. The van der Waals surface area contributed by atoms with Crippen LogP contribution >= 0.6 is 0 Å². The molecule has 1 saturated heterocycles. The first-order valence-corrected chi connectivity index (χ1v) is 22.7. The summed E-state index contributed by atoms with van der Waals surface area (Å²) < 4.78 is 17.9. The second kappa shape index (κ2) is 19.9. The minimum Gasteiger partial charge on any atom is -0.463 e. The normalized spacial score (nSPS) is 39.1.